The fraction of sp³-hybridized carbons (Fsp3) is 0.261. The Labute approximate surface area is 192 Å². The molecule has 1 N–H and O–H groups in total. The van der Waals surface area contributed by atoms with E-state index in [1.165, 1.54) is 13.0 Å². The van der Waals surface area contributed by atoms with Crippen LogP contribution in [0, 0.1) is 11.3 Å². The molecular formula is C23H23Cl2N3O3. The van der Waals surface area contributed by atoms with Crippen molar-refractivity contribution in [3.63, 3.8) is 0 Å². The first-order valence-electron chi connectivity index (χ1n) is 9.48. The highest BCUT2D eigenvalue weighted by atomic mass is 35.5. The van der Waals surface area contributed by atoms with Crippen LogP contribution < -0.4 is 10.2 Å². The zero-order valence-electron chi connectivity index (χ0n) is 17.6. The van der Waals surface area contributed by atoms with Crippen LogP contribution in [0.5, 0.6) is 0 Å². The van der Waals surface area contributed by atoms with Crippen LogP contribution in [0.15, 0.2) is 48.0 Å². The maximum absolute atomic E-state index is 12.4. The van der Waals surface area contributed by atoms with Crippen LogP contribution in [0.2, 0.25) is 10.0 Å². The van der Waals surface area contributed by atoms with E-state index in [2.05, 4.69) is 5.32 Å². The van der Waals surface area contributed by atoms with Crippen molar-refractivity contribution in [3.8, 4) is 6.07 Å². The minimum Gasteiger partial charge on any atom is -0.448 e. The van der Waals surface area contributed by atoms with Gasteiger partial charge in [-0.3, -0.25) is 4.79 Å². The summed E-state index contributed by atoms with van der Waals surface area (Å²) >= 11 is 12.1. The van der Waals surface area contributed by atoms with E-state index in [9.17, 15) is 14.9 Å². The molecule has 0 aromatic heterocycles. The summed E-state index contributed by atoms with van der Waals surface area (Å²) in [5.41, 5.74) is 2.13. The maximum atomic E-state index is 12.4. The van der Waals surface area contributed by atoms with Crippen LogP contribution in [0.25, 0.3) is 6.08 Å². The Morgan fingerprint density at radius 1 is 1.13 bits per heavy atom. The minimum atomic E-state index is -1.10. The van der Waals surface area contributed by atoms with Gasteiger partial charge in [0.1, 0.15) is 11.6 Å². The molecule has 2 aromatic rings. The highest BCUT2D eigenvalue weighted by molar-refractivity contribution is 6.35. The van der Waals surface area contributed by atoms with Crippen molar-refractivity contribution in [1.82, 2.24) is 5.32 Å². The number of nitrogens with one attached hydrogen (secondary N) is 1. The Bertz CT molecular complexity index is 1030. The predicted molar refractivity (Wildman–Crippen MR) is 123 cm³/mol. The summed E-state index contributed by atoms with van der Waals surface area (Å²) in [6.45, 7) is 3.18. The number of amides is 1. The molecule has 0 saturated heterocycles. The highest BCUT2D eigenvalue weighted by Crippen LogP contribution is 2.26. The number of hydrogen-bond acceptors (Lipinski definition) is 5. The van der Waals surface area contributed by atoms with E-state index >= 15 is 0 Å². The van der Waals surface area contributed by atoms with Gasteiger partial charge in [0, 0.05) is 29.8 Å². The predicted octanol–water partition coefficient (Wildman–Crippen LogP) is 4.78. The third kappa shape index (κ3) is 6.74. The molecule has 0 saturated carbocycles. The number of anilines is 1. The molecule has 0 fully saturated rings. The van der Waals surface area contributed by atoms with Crippen LogP contribution in [0.4, 0.5) is 5.69 Å². The van der Waals surface area contributed by atoms with Crippen molar-refractivity contribution >= 4 is 46.8 Å². The number of benzene rings is 2. The van der Waals surface area contributed by atoms with E-state index in [-0.39, 0.29) is 5.57 Å². The molecular weight excluding hydrogens is 437 g/mol. The highest BCUT2D eigenvalue weighted by Gasteiger charge is 2.23. The summed E-state index contributed by atoms with van der Waals surface area (Å²) in [6.07, 6.45) is 0.316. The summed E-state index contributed by atoms with van der Waals surface area (Å²) in [6, 6.07) is 13.7. The molecule has 0 aliphatic heterocycles. The number of halogens is 2. The van der Waals surface area contributed by atoms with Crippen molar-refractivity contribution in [2.24, 2.45) is 0 Å². The first-order valence-corrected chi connectivity index (χ1v) is 10.2. The lowest BCUT2D eigenvalue weighted by Crippen LogP contribution is -2.37. The molecule has 1 amide bonds. The van der Waals surface area contributed by atoms with Gasteiger partial charge in [-0.15, -0.1) is 0 Å². The summed E-state index contributed by atoms with van der Waals surface area (Å²) in [5, 5.41) is 13.0. The van der Waals surface area contributed by atoms with Crippen LogP contribution in [-0.4, -0.2) is 32.1 Å². The van der Waals surface area contributed by atoms with Crippen molar-refractivity contribution in [3.05, 3.63) is 69.2 Å². The van der Waals surface area contributed by atoms with Crippen LogP contribution in [0.3, 0.4) is 0 Å². The van der Waals surface area contributed by atoms with Gasteiger partial charge in [-0.05, 0) is 55.3 Å². The average Bonchev–Trinajstić information content (AvgIpc) is 2.71. The molecule has 2 aromatic carbocycles. The third-order valence-corrected chi connectivity index (χ3v) is 5.06. The molecule has 0 spiro atoms. The van der Waals surface area contributed by atoms with Gasteiger partial charge in [-0.1, -0.05) is 41.4 Å². The number of carbonyl (C=O) groups excluding carboxylic acids is 2. The largest absolute Gasteiger partial charge is 0.448 e. The smallest absolute Gasteiger partial charge is 0.349 e. The number of hydrogen-bond donors (Lipinski definition) is 1. The van der Waals surface area contributed by atoms with Gasteiger partial charge in [0.25, 0.3) is 5.91 Å². The van der Waals surface area contributed by atoms with Crippen LogP contribution in [-0.2, 0) is 14.3 Å². The molecule has 0 heterocycles. The van der Waals surface area contributed by atoms with Gasteiger partial charge < -0.3 is 15.0 Å². The number of nitriles is 1. The fourth-order valence-electron chi connectivity index (χ4n) is 2.71. The molecule has 0 unspecified atom stereocenters. The molecule has 0 aliphatic rings. The number of ether oxygens (including phenoxy) is 1. The van der Waals surface area contributed by atoms with E-state index in [4.69, 9.17) is 27.9 Å². The summed E-state index contributed by atoms with van der Waals surface area (Å²) in [7, 11) is 3.83. The summed E-state index contributed by atoms with van der Waals surface area (Å²) in [4.78, 5) is 26.8. The second kappa shape index (κ2) is 10.9. The van der Waals surface area contributed by atoms with Crippen molar-refractivity contribution in [2.45, 2.75) is 26.0 Å². The fourth-order valence-corrected chi connectivity index (χ4v) is 3.28. The van der Waals surface area contributed by atoms with Gasteiger partial charge >= 0.3 is 5.97 Å². The lowest BCUT2D eigenvalue weighted by atomic mass is 10.1. The normalized spacial score (nSPS) is 13.0. The molecule has 0 radical (unpaired) electrons. The van der Waals surface area contributed by atoms with Gasteiger partial charge in [0.15, 0.2) is 6.10 Å². The van der Waals surface area contributed by atoms with E-state index in [0.29, 0.717) is 21.2 Å². The first-order chi connectivity index (χ1) is 14.6. The Kier molecular flexibility index (Phi) is 8.49. The molecule has 0 bridgehead atoms. The quantitative estimate of drug-likeness (QED) is 0.366. The monoisotopic (exact) mass is 459 g/mol. The zero-order chi connectivity index (χ0) is 23.1. The van der Waals surface area contributed by atoms with Crippen molar-refractivity contribution in [1.29, 1.82) is 5.26 Å². The summed E-state index contributed by atoms with van der Waals surface area (Å²) in [5.74, 6) is -1.39. The molecule has 8 heteroatoms. The molecule has 2 rings (SSSR count). The standard InChI is InChI=1S/C23H23Cl2N3O3/c1-14(20-10-7-18(24)12-21(20)25)27-22(29)15(2)31-23(30)17(13-26)11-16-5-8-19(9-6-16)28(3)4/h5-12,14-15H,1-4H3,(H,27,29)/b17-11+/t14-,15-/m1/s1. The van der Waals surface area contributed by atoms with Crippen molar-refractivity contribution in [2.75, 3.05) is 19.0 Å². The Hall–Kier alpha value is -3.01. The van der Waals surface area contributed by atoms with Gasteiger partial charge in [-0.25, -0.2) is 4.79 Å². The Morgan fingerprint density at radius 2 is 1.77 bits per heavy atom. The van der Waals surface area contributed by atoms with Gasteiger partial charge in [0.05, 0.1) is 6.04 Å². The lowest BCUT2D eigenvalue weighted by Gasteiger charge is -2.19. The lowest BCUT2D eigenvalue weighted by molar-refractivity contribution is -0.151. The number of esters is 1. The van der Waals surface area contributed by atoms with Gasteiger partial charge in [-0.2, -0.15) is 5.26 Å². The molecule has 2 atom stereocenters. The Balaban J connectivity index is 2.03. The second-order valence-corrected chi connectivity index (χ2v) is 7.94. The zero-order valence-corrected chi connectivity index (χ0v) is 19.2. The third-order valence-electron chi connectivity index (χ3n) is 4.50. The average molecular weight is 460 g/mol. The molecule has 6 nitrogen and oxygen atoms in total. The van der Waals surface area contributed by atoms with Crippen molar-refractivity contribution < 1.29 is 14.3 Å². The number of nitrogens with zero attached hydrogens (tertiary/aromatic N) is 2. The van der Waals surface area contributed by atoms with E-state index < -0.39 is 24.0 Å². The van der Waals surface area contributed by atoms with Crippen LogP contribution in [0.1, 0.15) is 31.0 Å². The number of rotatable bonds is 7. The van der Waals surface area contributed by atoms with E-state index in [0.717, 1.165) is 5.69 Å². The topological polar surface area (TPSA) is 82.4 Å². The maximum Gasteiger partial charge on any atom is 0.349 e. The Morgan fingerprint density at radius 3 is 2.32 bits per heavy atom. The SMILES string of the molecule is C[C@@H](OC(=O)/C(C#N)=C/c1ccc(N(C)C)cc1)C(=O)N[C@H](C)c1ccc(Cl)cc1Cl. The van der Waals surface area contributed by atoms with Crippen LogP contribution >= 0.6 is 23.2 Å². The second-order valence-electron chi connectivity index (χ2n) is 7.10. The summed E-state index contributed by atoms with van der Waals surface area (Å²) < 4.78 is 5.18. The molecule has 0 aliphatic carbocycles. The minimum absolute atomic E-state index is 0.203. The van der Waals surface area contributed by atoms with E-state index in [1.54, 1.807) is 37.3 Å². The first kappa shape index (κ1) is 24.3. The molecule has 162 valence electrons. The molecule has 31 heavy (non-hydrogen) atoms. The van der Waals surface area contributed by atoms with E-state index in [1.807, 2.05) is 37.2 Å². The van der Waals surface area contributed by atoms with Gasteiger partial charge in [0.2, 0.25) is 0 Å². The number of carbonyl (C=O) groups is 2.